The average Bonchev–Trinajstić information content (AvgIpc) is 3.18. The predicted molar refractivity (Wildman–Crippen MR) is 129 cm³/mol. The maximum atomic E-state index is 14.7. The lowest BCUT2D eigenvalue weighted by Crippen LogP contribution is -2.37. The molecule has 0 fully saturated rings. The molecule has 2 N–H and O–H groups in total. The van der Waals surface area contributed by atoms with Gasteiger partial charge in [0.15, 0.2) is 10.7 Å². The van der Waals surface area contributed by atoms with Crippen molar-refractivity contribution >= 4 is 44.5 Å². The van der Waals surface area contributed by atoms with Crippen molar-refractivity contribution in [3.05, 3.63) is 69.0 Å². The van der Waals surface area contributed by atoms with Crippen LogP contribution >= 0.6 is 22.9 Å². The number of benzene rings is 2. The van der Waals surface area contributed by atoms with Crippen LogP contribution in [-0.2, 0) is 23.1 Å². The van der Waals surface area contributed by atoms with Gasteiger partial charge in [-0.25, -0.2) is 22.2 Å². The molecule has 0 aliphatic rings. The highest BCUT2D eigenvalue weighted by Crippen LogP contribution is 2.28. The zero-order valence-electron chi connectivity index (χ0n) is 18.6. The minimum absolute atomic E-state index is 0.00697. The molecular formula is C22H25ClF2N4O2S2. The third kappa shape index (κ3) is 6.20. The molecule has 33 heavy (non-hydrogen) atoms. The molecule has 0 aliphatic heterocycles. The monoisotopic (exact) mass is 514 g/mol. The molecule has 6 nitrogen and oxygen atoms in total. The van der Waals surface area contributed by atoms with Gasteiger partial charge in [-0.15, -0.1) is 11.3 Å². The summed E-state index contributed by atoms with van der Waals surface area (Å²) >= 11 is 7.56. The van der Waals surface area contributed by atoms with Gasteiger partial charge in [-0.2, -0.15) is 0 Å². The number of halogens is 3. The van der Waals surface area contributed by atoms with E-state index in [-0.39, 0.29) is 23.6 Å². The van der Waals surface area contributed by atoms with Crippen LogP contribution in [0.25, 0.3) is 0 Å². The first-order valence-corrected chi connectivity index (χ1v) is 12.8. The van der Waals surface area contributed by atoms with Gasteiger partial charge in [0.2, 0.25) is 0 Å². The molecule has 1 heterocycles. The van der Waals surface area contributed by atoms with E-state index in [1.807, 2.05) is 19.2 Å². The lowest BCUT2D eigenvalue weighted by atomic mass is 10.0. The summed E-state index contributed by atoms with van der Waals surface area (Å²) in [4.78, 5) is 4.87. The standard InChI is InChI=1S/C22H25ClF2N4O2S2/c1-22(2,3)29(4)11-14-6-5-7-17(23)16(14)10-26-15-8-18(24)21(19(25)9-15)33(30,31)28-20-12-32-13-27-20/h5-9,12-13,26,28H,10-11H2,1-4H3. The molecule has 0 unspecified atom stereocenters. The predicted octanol–water partition coefficient (Wildman–Crippen LogP) is 5.72. The summed E-state index contributed by atoms with van der Waals surface area (Å²) in [6.07, 6.45) is 0. The van der Waals surface area contributed by atoms with E-state index in [2.05, 4.69) is 40.7 Å². The Kier molecular flexibility index (Phi) is 7.62. The number of anilines is 2. The Morgan fingerprint density at radius 1 is 1.18 bits per heavy atom. The van der Waals surface area contributed by atoms with Gasteiger partial charge < -0.3 is 5.32 Å². The molecule has 0 atom stereocenters. The van der Waals surface area contributed by atoms with Crippen LogP contribution in [0, 0.1) is 11.6 Å². The number of hydrogen-bond donors (Lipinski definition) is 2. The van der Waals surface area contributed by atoms with Crippen molar-refractivity contribution in [3.63, 3.8) is 0 Å². The Balaban J connectivity index is 1.82. The van der Waals surface area contributed by atoms with E-state index in [1.54, 1.807) is 6.07 Å². The van der Waals surface area contributed by atoms with E-state index in [0.29, 0.717) is 11.6 Å². The van der Waals surface area contributed by atoms with Gasteiger partial charge in [-0.3, -0.25) is 9.62 Å². The van der Waals surface area contributed by atoms with Gasteiger partial charge in [-0.1, -0.05) is 23.7 Å². The molecule has 0 saturated carbocycles. The highest BCUT2D eigenvalue weighted by Gasteiger charge is 2.26. The Morgan fingerprint density at radius 2 is 1.85 bits per heavy atom. The number of nitrogens with zero attached hydrogens (tertiary/aromatic N) is 2. The molecule has 0 saturated heterocycles. The number of nitrogens with one attached hydrogen (secondary N) is 2. The van der Waals surface area contributed by atoms with Crippen LogP contribution in [0.3, 0.4) is 0 Å². The van der Waals surface area contributed by atoms with E-state index in [9.17, 15) is 17.2 Å². The lowest BCUT2D eigenvalue weighted by molar-refractivity contribution is 0.167. The number of rotatable bonds is 8. The summed E-state index contributed by atoms with van der Waals surface area (Å²) in [5.41, 5.74) is 3.19. The zero-order valence-corrected chi connectivity index (χ0v) is 21.0. The molecule has 1 aromatic heterocycles. The zero-order chi connectivity index (χ0) is 24.4. The van der Waals surface area contributed by atoms with E-state index in [4.69, 9.17) is 11.6 Å². The van der Waals surface area contributed by atoms with Crippen LogP contribution in [0.2, 0.25) is 5.02 Å². The maximum Gasteiger partial charge on any atom is 0.268 e. The Hall–Kier alpha value is -2.27. The molecule has 0 amide bonds. The van der Waals surface area contributed by atoms with E-state index >= 15 is 0 Å². The van der Waals surface area contributed by atoms with Gasteiger partial charge >= 0.3 is 0 Å². The Labute approximate surface area is 201 Å². The molecule has 3 rings (SSSR count). The fourth-order valence-corrected chi connectivity index (χ4v) is 4.94. The Bertz CT molecular complexity index is 1210. The summed E-state index contributed by atoms with van der Waals surface area (Å²) in [6, 6.07) is 7.44. The normalized spacial score (nSPS) is 12.2. The lowest BCUT2D eigenvalue weighted by Gasteiger charge is -2.32. The van der Waals surface area contributed by atoms with E-state index < -0.39 is 26.6 Å². The van der Waals surface area contributed by atoms with E-state index in [0.717, 1.165) is 34.6 Å². The van der Waals surface area contributed by atoms with Crippen LogP contribution in [0.5, 0.6) is 0 Å². The van der Waals surface area contributed by atoms with Crippen LogP contribution in [0.4, 0.5) is 20.3 Å². The van der Waals surface area contributed by atoms with Gasteiger partial charge in [0.1, 0.15) is 11.6 Å². The van der Waals surface area contributed by atoms with Crippen molar-refractivity contribution in [3.8, 4) is 0 Å². The molecule has 178 valence electrons. The first-order valence-electron chi connectivity index (χ1n) is 10.00. The minimum atomic E-state index is -4.48. The Morgan fingerprint density at radius 3 is 2.42 bits per heavy atom. The fraction of sp³-hybridized carbons (Fsp3) is 0.318. The largest absolute Gasteiger partial charge is 0.381 e. The molecular weight excluding hydrogens is 490 g/mol. The summed E-state index contributed by atoms with van der Waals surface area (Å²) in [5, 5.41) is 4.89. The van der Waals surface area contributed by atoms with Gasteiger partial charge in [0.25, 0.3) is 10.0 Å². The van der Waals surface area contributed by atoms with Gasteiger partial charge in [0, 0.05) is 34.7 Å². The molecule has 0 spiro atoms. The van der Waals surface area contributed by atoms with Crippen LogP contribution in [0.15, 0.2) is 46.1 Å². The molecule has 0 radical (unpaired) electrons. The fourth-order valence-electron chi connectivity index (χ4n) is 3.00. The topological polar surface area (TPSA) is 74.3 Å². The minimum Gasteiger partial charge on any atom is -0.381 e. The van der Waals surface area contributed by atoms with Crippen molar-refractivity contribution in [2.24, 2.45) is 0 Å². The second-order valence-corrected chi connectivity index (χ2v) is 11.3. The number of aromatic nitrogens is 1. The molecule has 2 aromatic carbocycles. The maximum absolute atomic E-state index is 14.7. The van der Waals surface area contributed by atoms with Crippen molar-refractivity contribution in [2.75, 3.05) is 17.1 Å². The molecule has 3 aromatic rings. The average molecular weight is 515 g/mol. The summed E-state index contributed by atoms with van der Waals surface area (Å²) in [7, 11) is -2.48. The van der Waals surface area contributed by atoms with Crippen LogP contribution in [-0.4, -0.2) is 30.9 Å². The first kappa shape index (κ1) is 25.4. The van der Waals surface area contributed by atoms with Crippen molar-refractivity contribution in [1.82, 2.24) is 9.88 Å². The SMILES string of the molecule is CN(Cc1cccc(Cl)c1CNc1cc(F)c(S(=O)(=O)Nc2cscn2)c(F)c1)C(C)(C)C. The van der Waals surface area contributed by atoms with Crippen molar-refractivity contribution in [1.29, 1.82) is 0 Å². The number of sulfonamides is 1. The highest BCUT2D eigenvalue weighted by molar-refractivity contribution is 7.92. The summed E-state index contributed by atoms with van der Waals surface area (Å²) < 4.78 is 56.3. The molecule has 0 bridgehead atoms. The third-order valence-corrected chi connectivity index (χ3v) is 7.52. The number of thiazole rings is 1. The quantitative estimate of drug-likeness (QED) is 0.402. The number of hydrogen-bond acceptors (Lipinski definition) is 6. The molecule has 11 heteroatoms. The van der Waals surface area contributed by atoms with E-state index in [1.165, 1.54) is 10.9 Å². The van der Waals surface area contributed by atoms with Crippen molar-refractivity contribution in [2.45, 2.75) is 44.3 Å². The van der Waals surface area contributed by atoms with Crippen LogP contribution < -0.4 is 10.0 Å². The highest BCUT2D eigenvalue weighted by atomic mass is 35.5. The van der Waals surface area contributed by atoms with Gasteiger partial charge in [-0.05, 0) is 57.1 Å². The summed E-state index contributed by atoms with van der Waals surface area (Å²) in [5.74, 6) is -2.44. The summed E-state index contributed by atoms with van der Waals surface area (Å²) in [6.45, 7) is 7.12. The van der Waals surface area contributed by atoms with Gasteiger partial charge in [0.05, 0.1) is 5.51 Å². The van der Waals surface area contributed by atoms with Crippen LogP contribution in [0.1, 0.15) is 31.9 Å². The first-order chi connectivity index (χ1) is 15.4. The molecule has 0 aliphatic carbocycles. The second-order valence-electron chi connectivity index (χ2n) is 8.51. The van der Waals surface area contributed by atoms with Crippen molar-refractivity contribution < 1.29 is 17.2 Å². The smallest absolute Gasteiger partial charge is 0.268 e. The second kappa shape index (κ2) is 9.92. The third-order valence-electron chi connectivity index (χ3n) is 5.18.